The number of para-hydroxylation sites is 2. The Bertz CT molecular complexity index is 2860. The molecule has 7 aromatic carbocycles. The third-order valence-electron chi connectivity index (χ3n) is 9.38. The van der Waals surface area contributed by atoms with E-state index in [-0.39, 0.29) is 0 Å². The van der Waals surface area contributed by atoms with E-state index in [1.807, 2.05) is 18.2 Å². The number of aromatic nitrogens is 2. The Balaban J connectivity index is 1.05. The Morgan fingerprint density at radius 2 is 1.02 bits per heavy atom. The van der Waals surface area contributed by atoms with Gasteiger partial charge in [-0.2, -0.15) is 0 Å². The molecule has 0 atom stereocenters. The van der Waals surface area contributed by atoms with Crippen molar-refractivity contribution in [2.45, 2.75) is 0 Å². The van der Waals surface area contributed by atoms with Crippen molar-refractivity contribution >= 4 is 54.8 Å². The summed E-state index contributed by atoms with van der Waals surface area (Å²) in [5, 5.41) is 5.67. The normalized spacial score (nSPS) is 11.8. The first kappa shape index (κ1) is 26.7. The topological polar surface area (TPSA) is 52.1 Å². The molecular weight excluding hydrogens is 588 g/mol. The number of rotatable bonds is 4. The molecule has 0 N–H and O–H groups in total. The fourth-order valence-electron chi connectivity index (χ4n) is 7.02. The second-order valence-electron chi connectivity index (χ2n) is 12.2. The smallest absolute Gasteiger partial charge is 0.180 e. The van der Waals surface area contributed by atoms with Gasteiger partial charge in [0.1, 0.15) is 34.3 Å². The van der Waals surface area contributed by atoms with Crippen molar-refractivity contribution in [1.82, 2.24) is 9.97 Å². The molecule has 0 fully saturated rings. The minimum atomic E-state index is 0.686. The summed E-state index contributed by atoms with van der Waals surface area (Å²) in [6.45, 7) is 0. The molecule has 0 bridgehead atoms. The molecule has 0 spiro atoms. The highest BCUT2D eigenvalue weighted by Gasteiger charge is 2.17. The van der Waals surface area contributed by atoms with Crippen molar-refractivity contribution in [2.75, 3.05) is 0 Å². The van der Waals surface area contributed by atoms with Crippen LogP contribution in [0.5, 0.6) is 0 Å². The molecule has 4 heteroatoms. The van der Waals surface area contributed by atoms with Gasteiger partial charge in [-0.3, -0.25) is 0 Å². The molecule has 0 aliphatic rings. The third kappa shape index (κ3) is 4.24. The largest absolute Gasteiger partial charge is 0.455 e. The minimum Gasteiger partial charge on any atom is -0.455 e. The summed E-state index contributed by atoms with van der Waals surface area (Å²) in [5.41, 5.74) is 12.5. The molecule has 10 rings (SSSR count). The van der Waals surface area contributed by atoms with Crippen molar-refractivity contribution in [3.63, 3.8) is 0 Å². The lowest BCUT2D eigenvalue weighted by atomic mass is 9.96. The number of hydrogen-bond donors (Lipinski definition) is 0. The first-order valence-electron chi connectivity index (χ1n) is 16.0. The van der Waals surface area contributed by atoms with E-state index in [1.54, 1.807) is 6.33 Å². The van der Waals surface area contributed by atoms with Crippen LogP contribution >= 0.6 is 0 Å². The maximum Gasteiger partial charge on any atom is 0.180 e. The molecule has 0 saturated carbocycles. The fourth-order valence-corrected chi connectivity index (χ4v) is 7.02. The maximum atomic E-state index is 6.45. The van der Waals surface area contributed by atoms with Gasteiger partial charge in [0.15, 0.2) is 5.58 Å². The van der Waals surface area contributed by atoms with E-state index in [4.69, 9.17) is 18.8 Å². The predicted molar refractivity (Wildman–Crippen MR) is 196 cm³/mol. The molecule has 0 radical (unpaired) electrons. The van der Waals surface area contributed by atoms with E-state index in [0.717, 1.165) is 83.1 Å². The number of benzene rings is 7. The number of furan rings is 2. The summed E-state index contributed by atoms with van der Waals surface area (Å²) >= 11 is 0. The molecule has 3 heterocycles. The monoisotopic (exact) mass is 614 g/mol. The quantitative estimate of drug-likeness (QED) is 0.198. The third-order valence-corrected chi connectivity index (χ3v) is 9.38. The van der Waals surface area contributed by atoms with Crippen LogP contribution in [0.3, 0.4) is 0 Å². The predicted octanol–water partition coefficient (Wildman–Crippen LogP) is 12.1. The molecule has 0 unspecified atom stereocenters. The average Bonchev–Trinajstić information content (AvgIpc) is 3.73. The molecule has 3 aromatic heterocycles. The van der Waals surface area contributed by atoms with Gasteiger partial charge in [-0.05, 0) is 75.0 Å². The lowest BCUT2D eigenvalue weighted by molar-refractivity contribution is 0.667. The fraction of sp³-hybridized carbons (Fsp3) is 0. The molecular formula is C44H26N2O2. The molecule has 224 valence electrons. The van der Waals surface area contributed by atoms with Gasteiger partial charge in [0.05, 0.1) is 0 Å². The lowest BCUT2D eigenvalue weighted by Crippen LogP contribution is -1.88. The van der Waals surface area contributed by atoms with Crippen molar-refractivity contribution in [1.29, 1.82) is 0 Å². The van der Waals surface area contributed by atoms with Crippen LogP contribution in [0.25, 0.3) is 99.4 Å². The Morgan fingerprint density at radius 3 is 1.94 bits per heavy atom. The summed E-state index contributed by atoms with van der Waals surface area (Å²) < 4.78 is 12.8. The SMILES string of the molecule is c1cc(-c2cccc(-c3ncnc4c3oc3ccc(-c5ccc6ccccc6c5)cc34)c2)cc(-c2cccc3c2oc2ccccc23)c1. The Morgan fingerprint density at radius 1 is 0.375 bits per heavy atom. The van der Waals surface area contributed by atoms with Gasteiger partial charge in [0.2, 0.25) is 0 Å². The Labute approximate surface area is 275 Å². The van der Waals surface area contributed by atoms with Gasteiger partial charge in [-0.15, -0.1) is 0 Å². The zero-order valence-corrected chi connectivity index (χ0v) is 25.7. The highest BCUT2D eigenvalue weighted by atomic mass is 16.3. The van der Waals surface area contributed by atoms with Crippen molar-refractivity contribution in [2.24, 2.45) is 0 Å². The van der Waals surface area contributed by atoms with E-state index in [2.05, 4.69) is 133 Å². The molecule has 0 amide bonds. The van der Waals surface area contributed by atoms with Crippen LogP contribution < -0.4 is 0 Å². The van der Waals surface area contributed by atoms with Gasteiger partial charge < -0.3 is 8.83 Å². The Kier molecular flexibility index (Phi) is 5.84. The van der Waals surface area contributed by atoms with Crippen LogP contribution in [0.15, 0.2) is 167 Å². The van der Waals surface area contributed by atoms with Crippen LogP contribution in [-0.4, -0.2) is 9.97 Å². The lowest BCUT2D eigenvalue weighted by Gasteiger charge is -2.09. The number of nitrogens with zero attached hydrogens (tertiary/aromatic N) is 2. The van der Waals surface area contributed by atoms with E-state index in [1.165, 1.54) is 10.8 Å². The van der Waals surface area contributed by atoms with Gasteiger partial charge in [0, 0.05) is 27.3 Å². The van der Waals surface area contributed by atoms with Gasteiger partial charge in [-0.25, -0.2) is 9.97 Å². The molecule has 10 aromatic rings. The van der Waals surface area contributed by atoms with Crippen molar-refractivity contribution in [3.8, 4) is 44.6 Å². The van der Waals surface area contributed by atoms with Crippen molar-refractivity contribution in [3.05, 3.63) is 158 Å². The summed E-state index contributed by atoms with van der Waals surface area (Å²) in [7, 11) is 0. The molecule has 0 aliphatic carbocycles. The molecule has 0 saturated heterocycles. The van der Waals surface area contributed by atoms with Crippen LogP contribution in [0.2, 0.25) is 0 Å². The van der Waals surface area contributed by atoms with Crippen LogP contribution in [0.4, 0.5) is 0 Å². The highest BCUT2D eigenvalue weighted by molar-refractivity contribution is 6.10. The van der Waals surface area contributed by atoms with E-state index < -0.39 is 0 Å². The zero-order valence-electron chi connectivity index (χ0n) is 25.7. The molecule has 48 heavy (non-hydrogen) atoms. The molecule has 4 nitrogen and oxygen atoms in total. The van der Waals surface area contributed by atoms with Gasteiger partial charge in [-0.1, -0.05) is 115 Å². The first-order valence-corrected chi connectivity index (χ1v) is 16.0. The van der Waals surface area contributed by atoms with Crippen LogP contribution in [-0.2, 0) is 0 Å². The van der Waals surface area contributed by atoms with E-state index in [0.29, 0.717) is 5.58 Å². The second kappa shape index (κ2) is 10.5. The first-order chi connectivity index (χ1) is 23.8. The van der Waals surface area contributed by atoms with E-state index >= 15 is 0 Å². The minimum absolute atomic E-state index is 0.686. The van der Waals surface area contributed by atoms with Crippen LogP contribution in [0, 0.1) is 0 Å². The summed E-state index contributed by atoms with van der Waals surface area (Å²) in [6.07, 6.45) is 1.64. The summed E-state index contributed by atoms with van der Waals surface area (Å²) in [4.78, 5) is 9.42. The standard InChI is InChI=1S/C44H26N2O2/c1-2-9-28-22-31(19-18-27(28)8-1)32-20-21-40-38(25-32)42-44(48-40)41(45-26-46-42)34-13-6-11-30(24-34)29-10-5-12-33(23-29)35-15-7-16-37-36-14-3-4-17-39(36)47-43(35)37/h1-26H. The van der Waals surface area contributed by atoms with Crippen LogP contribution in [0.1, 0.15) is 0 Å². The Hall–Kier alpha value is -6.52. The average molecular weight is 615 g/mol. The number of hydrogen-bond acceptors (Lipinski definition) is 4. The summed E-state index contributed by atoms with van der Waals surface area (Å²) in [6, 6.07) is 53.0. The number of fused-ring (bicyclic) bond motifs is 7. The highest BCUT2D eigenvalue weighted by Crippen LogP contribution is 2.39. The summed E-state index contributed by atoms with van der Waals surface area (Å²) in [5.74, 6) is 0. The van der Waals surface area contributed by atoms with Crippen molar-refractivity contribution < 1.29 is 8.83 Å². The van der Waals surface area contributed by atoms with Gasteiger partial charge in [0.25, 0.3) is 0 Å². The maximum absolute atomic E-state index is 6.45. The molecule has 0 aliphatic heterocycles. The van der Waals surface area contributed by atoms with E-state index in [9.17, 15) is 0 Å². The zero-order chi connectivity index (χ0) is 31.6. The van der Waals surface area contributed by atoms with Gasteiger partial charge >= 0.3 is 0 Å². The second-order valence-corrected chi connectivity index (χ2v) is 12.2.